The van der Waals surface area contributed by atoms with Gasteiger partial charge in [0.15, 0.2) is 0 Å². The summed E-state index contributed by atoms with van der Waals surface area (Å²) in [6.07, 6.45) is 0. The highest BCUT2D eigenvalue weighted by molar-refractivity contribution is 6.30. The molecule has 0 radical (unpaired) electrons. The monoisotopic (exact) mass is 564 g/mol. The Morgan fingerprint density at radius 2 is 1.75 bits per heavy atom. The molecule has 1 aliphatic heterocycles. The number of anilines is 1. The number of nitrogens with one attached hydrogen (secondary N) is 1. The Balaban J connectivity index is 1.90. The first-order valence-electron chi connectivity index (χ1n) is 11.9. The van der Waals surface area contributed by atoms with Gasteiger partial charge in [-0.25, -0.2) is 9.59 Å². The van der Waals surface area contributed by atoms with Gasteiger partial charge in [0.25, 0.3) is 11.4 Å². The molecule has 0 saturated carbocycles. The highest BCUT2D eigenvalue weighted by atomic mass is 35.5. The van der Waals surface area contributed by atoms with E-state index in [2.05, 4.69) is 5.32 Å². The van der Waals surface area contributed by atoms with Gasteiger partial charge in [0, 0.05) is 28.8 Å². The number of nitro benzene ring substituents is 1. The Morgan fingerprint density at radius 3 is 2.42 bits per heavy atom. The van der Waals surface area contributed by atoms with Crippen LogP contribution in [0.4, 0.5) is 11.4 Å². The molecule has 0 amide bonds. The number of ether oxygens (including phenoxy) is 3. The average Bonchev–Trinajstić information content (AvgIpc) is 2.96. The summed E-state index contributed by atoms with van der Waals surface area (Å²) in [5, 5.41) is 15.4. The topological polar surface area (TPSA) is 147 Å². The van der Waals surface area contributed by atoms with Gasteiger partial charge in [-0.2, -0.15) is 0 Å². The van der Waals surface area contributed by atoms with Crippen LogP contribution in [0, 0.1) is 16.0 Å². The number of rotatable bonds is 6. The van der Waals surface area contributed by atoms with Crippen molar-refractivity contribution < 1.29 is 33.1 Å². The van der Waals surface area contributed by atoms with E-state index in [0.717, 1.165) is 14.2 Å². The molecule has 1 N–H and O–H groups in total. The summed E-state index contributed by atoms with van der Waals surface area (Å²) in [4.78, 5) is 51.9. The molecule has 40 heavy (non-hydrogen) atoms. The summed E-state index contributed by atoms with van der Waals surface area (Å²) in [7, 11) is 2.22. The number of non-ortho nitro benzene ring substituents is 1. The largest absolute Gasteiger partial charge is 0.469 e. The van der Waals surface area contributed by atoms with Crippen molar-refractivity contribution in [2.24, 2.45) is 5.92 Å². The number of hydrogen-bond donors (Lipinski definition) is 1. The zero-order chi connectivity index (χ0) is 28.6. The molecule has 0 saturated heterocycles. The minimum atomic E-state index is -2.31. The maximum atomic E-state index is 13.7. The summed E-state index contributed by atoms with van der Waals surface area (Å²) in [6.45, 7) is 0. The molecule has 4 aromatic rings. The molecule has 2 heterocycles. The van der Waals surface area contributed by atoms with Gasteiger partial charge in [-0.3, -0.25) is 14.9 Å². The predicted molar refractivity (Wildman–Crippen MR) is 143 cm³/mol. The van der Waals surface area contributed by atoms with Crippen molar-refractivity contribution in [1.29, 1.82) is 0 Å². The van der Waals surface area contributed by atoms with Gasteiger partial charge in [-0.05, 0) is 42.0 Å². The van der Waals surface area contributed by atoms with Crippen LogP contribution < -0.4 is 15.7 Å². The van der Waals surface area contributed by atoms with E-state index in [-0.39, 0.29) is 28.1 Å². The number of carbonyl (C=O) groups excluding carboxylic acids is 2. The summed E-state index contributed by atoms with van der Waals surface area (Å²) in [5.74, 6) is -4.97. The normalized spacial score (nSPS) is 19.7. The number of esters is 2. The predicted octanol–water partition coefficient (Wildman–Crippen LogP) is 4.65. The van der Waals surface area contributed by atoms with Crippen molar-refractivity contribution in [3.05, 3.63) is 109 Å². The second kappa shape index (κ2) is 10.3. The fraction of sp³-hybridized carbons (Fsp3) is 0.179. The number of hydrogen-bond acceptors (Lipinski definition) is 10. The van der Waals surface area contributed by atoms with E-state index in [1.807, 2.05) is 0 Å². The molecule has 0 bridgehead atoms. The third-order valence-corrected chi connectivity index (χ3v) is 6.95. The van der Waals surface area contributed by atoms with Gasteiger partial charge in [0.1, 0.15) is 17.3 Å². The molecule has 0 unspecified atom stereocenters. The zero-order valence-corrected chi connectivity index (χ0v) is 21.8. The van der Waals surface area contributed by atoms with Gasteiger partial charge >= 0.3 is 17.6 Å². The number of halogens is 1. The average molecular weight is 565 g/mol. The minimum absolute atomic E-state index is 0.0598. The van der Waals surface area contributed by atoms with Gasteiger partial charge < -0.3 is 23.9 Å². The van der Waals surface area contributed by atoms with Crippen molar-refractivity contribution >= 4 is 45.9 Å². The van der Waals surface area contributed by atoms with Gasteiger partial charge in [0.2, 0.25) is 0 Å². The lowest BCUT2D eigenvalue weighted by molar-refractivity contribution is -0.384. The lowest BCUT2D eigenvalue weighted by Crippen LogP contribution is -2.64. The standard InChI is InChI=1S/C28H21ClN2O9/c1-37-26(33)23-21(15-6-5-7-18(14-15)31(35)36)22-24(19-8-3-4-9-20(19)39-25(22)32)40-28(23,27(34)38-2)30-17-12-10-16(29)11-13-17/h3-14,21,23,30H,1-2H3/t21-,23-,28+/m0/s1. The molecular weight excluding hydrogens is 544 g/mol. The molecule has 1 aliphatic rings. The van der Waals surface area contributed by atoms with Gasteiger partial charge in [-0.1, -0.05) is 35.9 Å². The van der Waals surface area contributed by atoms with Crippen LogP contribution in [0.5, 0.6) is 5.75 Å². The summed E-state index contributed by atoms with van der Waals surface area (Å²) in [5.41, 5.74) is -2.94. The number of para-hydroxylation sites is 1. The second-order valence-corrected chi connectivity index (χ2v) is 9.36. The molecule has 0 spiro atoms. The third kappa shape index (κ3) is 4.39. The van der Waals surface area contributed by atoms with Crippen LogP contribution in [-0.2, 0) is 19.1 Å². The van der Waals surface area contributed by atoms with E-state index >= 15 is 0 Å². The number of methoxy groups -OCH3 is 2. The van der Waals surface area contributed by atoms with E-state index in [4.69, 9.17) is 30.2 Å². The van der Waals surface area contributed by atoms with E-state index in [1.165, 1.54) is 24.3 Å². The van der Waals surface area contributed by atoms with Crippen LogP contribution in [0.15, 0.2) is 82.0 Å². The first kappa shape index (κ1) is 26.7. The van der Waals surface area contributed by atoms with Crippen molar-refractivity contribution in [3.63, 3.8) is 0 Å². The number of nitro groups is 1. The van der Waals surface area contributed by atoms with Gasteiger partial charge in [-0.15, -0.1) is 0 Å². The van der Waals surface area contributed by atoms with Crippen LogP contribution >= 0.6 is 11.6 Å². The number of carbonyl (C=O) groups is 2. The molecule has 12 heteroatoms. The van der Waals surface area contributed by atoms with E-state index < -0.39 is 40.0 Å². The first-order chi connectivity index (χ1) is 19.2. The zero-order valence-electron chi connectivity index (χ0n) is 21.1. The number of nitrogens with zero attached hydrogens (tertiary/aromatic N) is 1. The van der Waals surface area contributed by atoms with Crippen molar-refractivity contribution in [2.75, 3.05) is 19.5 Å². The van der Waals surface area contributed by atoms with Crippen LogP contribution in [0.25, 0.3) is 11.0 Å². The van der Waals surface area contributed by atoms with Crippen LogP contribution in [0.1, 0.15) is 17.0 Å². The molecule has 0 aliphatic carbocycles. The van der Waals surface area contributed by atoms with Crippen molar-refractivity contribution in [2.45, 2.75) is 11.6 Å². The molecule has 3 aromatic carbocycles. The highest BCUT2D eigenvalue weighted by Gasteiger charge is 2.62. The molecule has 3 atom stereocenters. The van der Waals surface area contributed by atoms with E-state index in [1.54, 1.807) is 48.5 Å². The second-order valence-electron chi connectivity index (χ2n) is 8.92. The fourth-order valence-electron chi connectivity index (χ4n) is 4.98. The maximum absolute atomic E-state index is 13.7. The lowest BCUT2D eigenvalue weighted by atomic mass is 9.72. The van der Waals surface area contributed by atoms with Crippen LogP contribution in [0.2, 0.25) is 5.02 Å². The SMILES string of the molecule is COC(=O)[C@@H]1[C@@H](c2cccc([N+](=O)[O-])c2)c2c(c3ccccc3oc2=O)O[C@@]1(Nc1ccc(Cl)cc1)C(=O)OC. The summed E-state index contributed by atoms with van der Waals surface area (Å²) in [6, 6.07) is 18.1. The Morgan fingerprint density at radius 1 is 1.02 bits per heavy atom. The van der Waals surface area contributed by atoms with Crippen LogP contribution in [0.3, 0.4) is 0 Å². The van der Waals surface area contributed by atoms with E-state index in [9.17, 15) is 24.5 Å². The molecule has 11 nitrogen and oxygen atoms in total. The van der Waals surface area contributed by atoms with Crippen molar-refractivity contribution in [1.82, 2.24) is 0 Å². The summed E-state index contributed by atoms with van der Waals surface area (Å²) >= 11 is 6.05. The van der Waals surface area contributed by atoms with Crippen molar-refractivity contribution in [3.8, 4) is 5.75 Å². The number of fused-ring (bicyclic) bond motifs is 3. The molecular formula is C28H21ClN2O9. The summed E-state index contributed by atoms with van der Waals surface area (Å²) < 4.78 is 22.2. The smallest absolute Gasteiger partial charge is 0.373 e. The Bertz CT molecular complexity index is 1700. The van der Waals surface area contributed by atoms with Crippen LogP contribution in [-0.4, -0.2) is 36.8 Å². The van der Waals surface area contributed by atoms with E-state index in [0.29, 0.717) is 16.1 Å². The fourth-order valence-corrected chi connectivity index (χ4v) is 5.11. The highest BCUT2D eigenvalue weighted by Crippen LogP contribution is 2.51. The molecule has 1 aromatic heterocycles. The Hall–Kier alpha value is -4.90. The molecule has 204 valence electrons. The molecule has 5 rings (SSSR count). The molecule has 0 fully saturated rings. The minimum Gasteiger partial charge on any atom is -0.469 e. The Kier molecular flexibility index (Phi) is 6.90. The Labute approximate surface area is 231 Å². The quantitative estimate of drug-likeness (QED) is 0.152. The van der Waals surface area contributed by atoms with Gasteiger partial charge in [0.05, 0.1) is 30.1 Å². The first-order valence-corrected chi connectivity index (χ1v) is 12.3. The maximum Gasteiger partial charge on any atom is 0.373 e. The lowest BCUT2D eigenvalue weighted by Gasteiger charge is -2.45. The third-order valence-electron chi connectivity index (χ3n) is 6.70. The number of benzene rings is 3.